The lowest BCUT2D eigenvalue weighted by Crippen LogP contribution is -2.52. The van der Waals surface area contributed by atoms with Crippen LogP contribution < -0.4 is 9.80 Å². The fourth-order valence-electron chi connectivity index (χ4n) is 3.84. The van der Waals surface area contributed by atoms with Gasteiger partial charge in [-0.1, -0.05) is 29.3 Å². The van der Waals surface area contributed by atoms with E-state index in [-0.39, 0.29) is 18.2 Å². The number of aryl methyl sites for hydroxylation is 1. The van der Waals surface area contributed by atoms with Crippen molar-refractivity contribution < 1.29 is 9.59 Å². The number of halogens is 2. The summed E-state index contributed by atoms with van der Waals surface area (Å²) in [5, 5.41) is 1.27. The maximum absolute atomic E-state index is 13.0. The fraction of sp³-hybridized carbons (Fsp3) is 0.333. The summed E-state index contributed by atoms with van der Waals surface area (Å²) in [7, 11) is 0. The van der Waals surface area contributed by atoms with Crippen LogP contribution in [-0.4, -0.2) is 48.9 Å². The van der Waals surface area contributed by atoms with E-state index in [1.54, 1.807) is 12.1 Å². The van der Waals surface area contributed by atoms with E-state index in [0.717, 1.165) is 37.4 Å². The van der Waals surface area contributed by atoms with Crippen LogP contribution in [-0.2, 0) is 9.59 Å². The second-order valence-electron chi connectivity index (χ2n) is 7.22. The van der Waals surface area contributed by atoms with Gasteiger partial charge < -0.3 is 4.90 Å². The van der Waals surface area contributed by atoms with Crippen molar-refractivity contribution in [2.75, 3.05) is 36.0 Å². The fourth-order valence-corrected chi connectivity index (χ4v) is 4.14. The molecule has 2 aromatic rings. The summed E-state index contributed by atoms with van der Waals surface area (Å²) >= 11 is 12.1. The third-order valence-corrected chi connectivity index (χ3v) is 6.14. The summed E-state index contributed by atoms with van der Waals surface area (Å²) in [5.74, 6) is -0.333. The molecule has 2 saturated heterocycles. The van der Waals surface area contributed by atoms with Gasteiger partial charge in [0.1, 0.15) is 0 Å². The lowest BCUT2D eigenvalue weighted by atomic mass is 10.1. The Morgan fingerprint density at radius 2 is 1.54 bits per heavy atom. The van der Waals surface area contributed by atoms with Crippen LogP contribution in [0.5, 0.6) is 0 Å². The Kier molecular flexibility index (Phi) is 5.32. The molecular weight excluding hydrogens is 397 g/mol. The highest BCUT2D eigenvalue weighted by Crippen LogP contribution is 2.30. The molecule has 2 aromatic carbocycles. The number of piperazine rings is 1. The van der Waals surface area contributed by atoms with Gasteiger partial charge in [-0.15, -0.1) is 0 Å². The quantitative estimate of drug-likeness (QED) is 0.713. The highest BCUT2D eigenvalue weighted by atomic mass is 35.5. The van der Waals surface area contributed by atoms with Crippen LogP contribution in [0.25, 0.3) is 0 Å². The summed E-state index contributed by atoms with van der Waals surface area (Å²) in [5.41, 5.74) is 2.58. The van der Waals surface area contributed by atoms with Crippen LogP contribution in [0.4, 0.5) is 11.4 Å². The minimum atomic E-state index is -0.403. The monoisotopic (exact) mass is 417 g/mol. The Hall–Kier alpha value is -2.08. The Morgan fingerprint density at radius 3 is 2.18 bits per heavy atom. The van der Waals surface area contributed by atoms with Gasteiger partial charge in [-0.2, -0.15) is 0 Å². The van der Waals surface area contributed by atoms with E-state index in [2.05, 4.69) is 9.80 Å². The zero-order valence-electron chi connectivity index (χ0n) is 15.6. The summed E-state index contributed by atoms with van der Waals surface area (Å²) in [6, 6.07) is 12.7. The second kappa shape index (κ2) is 7.74. The highest BCUT2D eigenvalue weighted by molar-refractivity contribution is 6.32. The SMILES string of the molecule is Cc1ccc(N2C(=O)C[C@@H](N3CCN(c4ccc(Cl)cc4)CC3)C2=O)cc1Cl. The van der Waals surface area contributed by atoms with Crippen molar-refractivity contribution in [3.05, 3.63) is 58.1 Å². The number of hydrogen-bond acceptors (Lipinski definition) is 4. The first-order chi connectivity index (χ1) is 13.4. The first-order valence-electron chi connectivity index (χ1n) is 9.31. The van der Waals surface area contributed by atoms with E-state index in [1.807, 2.05) is 37.3 Å². The number of imide groups is 1. The lowest BCUT2D eigenvalue weighted by molar-refractivity contribution is -0.123. The number of benzene rings is 2. The van der Waals surface area contributed by atoms with Crippen LogP contribution >= 0.6 is 23.2 Å². The van der Waals surface area contributed by atoms with E-state index in [0.29, 0.717) is 15.7 Å². The molecule has 146 valence electrons. The van der Waals surface area contributed by atoms with Crippen molar-refractivity contribution >= 4 is 46.4 Å². The van der Waals surface area contributed by atoms with Gasteiger partial charge in [0.15, 0.2) is 0 Å². The average molecular weight is 418 g/mol. The molecule has 0 radical (unpaired) electrons. The molecule has 0 bridgehead atoms. The number of carbonyl (C=O) groups is 2. The molecule has 2 aliphatic heterocycles. The molecule has 0 spiro atoms. The van der Waals surface area contributed by atoms with E-state index >= 15 is 0 Å². The van der Waals surface area contributed by atoms with Gasteiger partial charge >= 0.3 is 0 Å². The second-order valence-corrected chi connectivity index (χ2v) is 8.06. The molecule has 5 nitrogen and oxygen atoms in total. The Morgan fingerprint density at radius 1 is 0.893 bits per heavy atom. The molecule has 2 amide bonds. The van der Waals surface area contributed by atoms with Crippen molar-refractivity contribution in [3.8, 4) is 0 Å². The predicted molar refractivity (Wildman–Crippen MR) is 112 cm³/mol. The number of anilines is 2. The molecule has 7 heteroatoms. The molecule has 0 aliphatic carbocycles. The molecule has 2 fully saturated rings. The van der Waals surface area contributed by atoms with Crippen molar-refractivity contribution in [1.29, 1.82) is 0 Å². The Bertz CT molecular complexity index is 908. The molecule has 28 heavy (non-hydrogen) atoms. The maximum atomic E-state index is 13.0. The standard InChI is InChI=1S/C21H21Cl2N3O2/c1-14-2-5-17(12-18(14)23)26-20(27)13-19(21(26)28)25-10-8-24(9-11-25)16-6-3-15(22)4-7-16/h2-7,12,19H,8-11,13H2,1H3/t19-/m1/s1. The first-order valence-corrected chi connectivity index (χ1v) is 10.1. The van der Waals surface area contributed by atoms with Crippen molar-refractivity contribution in [1.82, 2.24) is 4.90 Å². The number of nitrogens with zero attached hydrogens (tertiary/aromatic N) is 3. The molecule has 4 rings (SSSR count). The molecule has 2 heterocycles. The number of hydrogen-bond donors (Lipinski definition) is 0. The zero-order valence-corrected chi connectivity index (χ0v) is 17.1. The molecule has 1 atom stereocenters. The topological polar surface area (TPSA) is 43.9 Å². The first kappa shape index (κ1) is 19.2. The van der Waals surface area contributed by atoms with Gasteiger partial charge in [-0.05, 0) is 48.9 Å². The van der Waals surface area contributed by atoms with Crippen molar-refractivity contribution in [2.45, 2.75) is 19.4 Å². The van der Waals surface area contributed by atoms with Gasteiger partial charge in [0.25, 0.3) is 5.91 Å². The van der Waals surface area contributed by atoms with Crippen molar-refractivity contribution in [3.63, 3.8) is 0 Å². The zero-order chi connectivity index (χ0) is 19.8. The summed E-state index contributed by atoms with van der Waals surface area (Å²) in [6.07, 6.45) is 0.214. The molecule has 0 unspecified atom stereocenters. The van der Waals surface area contributed by atoms with E-state index in [4.69, 9.17) is 23.2 Å². The van der Waals surface area contributed by atoms with Gasteiger partial charge in [0.2, 0.25) is 5.91 Å². The third-order valence-electron chi connectivity index (χ3n) is 5.48. The van der Waals surface area contributed by atoms with E-state index in [9.17, 15) is 9.59 Å². The lowest BCUT2D eigenvalue weighted by Gasteiger charge is -2.38. The number of carbonyl (C=O) groups excluding carboxylic acids is 2. The third kappa shape index (κ3) is 3.62. The van der Waals surface area contributed by atoms with E-state index < -0.39 is 6.04 Å². The maximum Gasteiger partial charge on any atom is 0.251 e. The van der Waals surface area contributed by atoms with Gasteiger partial charge in [-0.3, -0.25) is 14.5 Å². The molecule has 2 aliphatic rings. The minimum Gasteiger partial charge on any atom is -0.369 e. The van der Waals surface area contributed by atoms with Crippen LogP contribution in [0.15, 0.2) is 42.5 Å². The molecule has 0 aromatic heterocycles. The van der Waals surface area contributed by atoms with Gasteiger partial charge in [0, 0.05) is 41.9 Å². The molecule has 0 N–H and O–H groups in total. The summed E-state index contributed by atoms with van der Waals surface area (Å²) in [4.78, 5) is 31.2. The van der Waals surface area contributed by atoms with Gasteiger partial charge in [0.05, 0.1) is 18.2 Å². The summed E-state index contributed by atoms with van der Waals surface area (Å²) in [6.45, 7) is 4.96. The Labute approximate surface area is 174 Å². The minimum absolute atomic E-state index is 0.162. The molecular formula is C21H21Cl2N3O2. The smallest absolute Gasteiger partial charge is 0.251 e. The van der Waals surface area contributed by atoms with Crippen LogP contribution in [0.2, 0.25) is 10.0 Å². The average Bonchev–Trinajstić information content (AvgIpc) is 2.99. The van der Waals surface area contributed by atoms with E-state index in [1.165, 1.54) is 4.90 Å². The van der Waals surface area contributed by atoms with Crippen molar-refractivity contribution in [2.24, 2.45) is 0 Å². The largest absolute Gasteiger partial charge is 0.369 e. The normalized spacial score (nSPS) is 20.9. The highest BCUT2D eigenvalue weighted by Gasteiger charge is 2.43. The predicted octanol–water partition coefficient (Wildman–Crippen LogP) is 3.76. The van der Waals surface area contributed by atoms with Crippen LogP contribution in [0, 0.1) is 6.92 Å². The van der Waals surface area contributed by atoms with Crippen LogP contribution in [0.3, 0.4) is 0 Å². The summed E-state index contributed by atoms with van der Waals surface area (Å²) < 4.78 is 0. The van der Waals surface area contributed by atoms with Gasteiger partial charge in [-0.25, -0.2) is 4.90 Å². The molecule has 0 saturated carbocycles. The Balaban J connectivity index is 1.44. The number of amides is 2. The number of rotatable bonds is 3. The van der Waals surface area contributed by atoms with Crippen LogP contribution in [0.1, 0.15) is 12.0 Å².